The van der Waals surface area contributed by atoms with E-state index in [0.717, 1.165) is 60.8 Å². The molecule has 0 saturated heterocycles. The fourth-order valence-electron chi connectivity index (χ4n) is 6.24. The fourth-order valence-corrected chi connectivity index (χ4v) is 6.24. The molecule has 0 fully saturated rings. The maximum Gasteiger partial charge on any atom is 0.359 e. The summed E-state index contributed by atoms with van der Waals surface area (Å²) in [6.45, 7) is 6.29. The van der Waals surface area contributed by atoms with Gasteiger partial charge in [-0.25, -0.2) is 9.59 Å². The lowest BCUT2D eigenvalue weighted by Gasteiger charge is -2.50. The molecule has 3 atom stereocenters. The van der Waals surface area contributed by atoms with E-state index in [1.54, 1.807) is 4.57 Å². The highest BCUT2D eigenvalue weighted by atomic mass is 16.5. The molecule has 2 aliphatic heterocycles. The topological polar surface area (TPSA) is 90.2 Å². The standard InChI is InChI=1S/C29H40N2O6/c1-5-7-19-37-26-25-22-13-17-30(18-14-24(32)35-3)16-10-15-28(26,6-2)20-29(34,27(33)36-4)31(25)23-12-9-8-11-21(22)23/h8-9,11-12,14,18,26,34H,5-7,10,13,15-17,19-20H2,1-4H3/b18-14+/t26-,28+,29+/m1/s1. The molecule has 0 amide bonds. The quantitative estimate of drug-likeness (QED) is 0.318. The van der Waals surface area contributed by atoms with Crippen LogP contribution in [0, 0.1) is 5.41 Å². The Balaban J connectivity index is 1.95. The van der Waals surface area contributed by atoms with Crippen LogP contribution in [0.1, 0.15) is 69.7 Å². The van der Waals surface area contributed by atoms with Crippen molar-refractivity contribution < 1.29 is 28.9 Å². The summed E-state index contributed by atoms with van der Waals surface area (Å²) in [6.07, 6.45) is 8.17. The van der Waals surface area contributed by atoms with E-state index in [0.29, 0.717) is 19.6 Å². The Morgan fingerprint density at radius 3 is 2.65 bits per heavy atom. The number of aliphatic hydroxyl groups is 1. The number of unbranched alkanes of at least 4 members (excludes halogenated alkanes) is 1. The number of hydrogen-bond acceptors (Lipinski definition) is 7. The molecule has 0 unspecified atom stereocenters. The largest absolute Gasteiger partial charge is 0.466 e. The fraction of sp³-hybridized carbons (Fsp3) is 0.586. The number of ether oxygens (including phenoxy) is 3. The van der Waals surface area contributed by atoms with Crippen molar-refractivity contribution in [2.24, 2.45) is 5.41 Å². The van der Waals surface area contributed by atoms with Gasteiger partial charge in [0, 0.05) is 49.2 Å². The van der Waals surface area contributed by atoms with Crippen molar-refractivity contribution in [3.63, 3.8) is 0 Å². The van der Waals surface area contributed by atoms with Gasteiger partial charge in [0.1, 0.15) is 6.10 Å². The molecule has 8 nitrogen and oxygen atoms in total. The molecule has 0 radical (unpaired) electrons. The summed E-state index contributed by atoms with van der Waals surface area (Å²) in [4.78, 5) is 27.2. The molecule has 0 saturated carbocycles. The van der Waals surface area contributed by atoms with Gasteiger partial charge in [0.25, 0.3) is 0 Å². The zero-order valence-electron chi connectivity index (χ0n) is 22.5. The lowest BCUT2D eigenvalue weighted by molar-refractivity contribution is -0.199. The third kappa shape index (κ3) is 4.89. The van der Waals surface area contributed by atoms with Crippen molar-refractivity contribution in [2.75, 3.05) is 33.9 Å². The van der Waals surface area contributed by atoms with Crippen LogP contribution in [-0.4, -0.2) is 60.4 Å². The van der Waals surface area contributed by atoms with Crippen molar-refractivity contribution >= 4 is 22.8 Å². The van der Waals surface area contributed by atoms with Crippen LogP contribution in [-0.2, 0) is 35.9 Å². The molecule has 2 bridgehead atoms. The maximum atomic E-state index is 13.3. The molecule has 202 valence electrons. The second-order valence-electron chi connectivity index (χ2n) is 10.3. The highest BCUT2D eigenvalue weighted by Gasteiger charge is 2.57. The van der Waals surface area contributed by atoms with E-state index >= 15 is 0 Å². The summed E-state index contributed by atoms with van der Waals surface area (Å²) in [5.41, 5.74) is 0.439. The molecule has 0 aliphatic carbocycles. The third-order valence-corrected chi connectivity index (χ3v) is 8.18. The van der Waals surface area contributed by atoms with Gasteiger partial charge in [-0.3, -0.25) is 0 Å². The molecule has 1 N–H and O–H groups in total. The zero-order valence-corrected chi connectivity index (χ0v) is 22.5. The van der Waals surface area contributed by atoms with Gasteiger partial charge in [0.15, 0.2) is 0 Å². The van der Waals surface area contributed by atoms with Crippen molar-refractivity contribution in [1.82, 2.24) is 9.47 Å². The molecule has 1 aromatic carbocycles. The normalized spacial score (nSPS) is 25.9. The number of aromatic nitrogens is 1. The van der Waals surface area contributed by atoms with Crippen molar-refractivity contribution in [1.29, 1.82) is 0 Å². The monoisotopic (exact) mass is 512 g/mol. The number of benzene rings is 1. The van der Waals surface area contributed by atoms with Crippen LogP contribution < -0.4 is 0 Å². The summed E-state index contributed by atoms with van der Waals surface area (Å²) < 4.78 is 18.5. The van der Waals surface area contributed by atoms with Gasteiger partial charge in [0.2, 0.25) is 5.72 Å². The molecule has 2 aliphatic rings. The van der Waals surface area contributed by atoms with Gasteiger partial charge in [-0.15, -0.1) is 0 Å². The van der Waals surface area contributed by atoms with Crippen molar-refractivity contribution in [3.8, 4) is 0 Å². The first kappa shape index (κ1) is 27.2. The Hall–Kier alpha value is -2.84. The van der Waals surface area contributed by atoms with Crippen LogP contribution in [0.3, 0.4) is 0 Å². The first-order valence-corrected chi connectivity index (χ1v) is 13.4. The molecule has 8 heteroatoms. The lowest BCUT2D eigenvalue weighted by atomic mass is 9.66. The number of rotatable bonds is 8. The van der Waals surface area contributed by atoms with Crippen LogP contribution >= 0.6 is 0 Å². The second-order valence-corrected chi connectivity index (χ2v) is 10.3. The van der Waals surface area contributed by atoms with Gasteiger partial charge < -0.3 is 28.8 Å². The molecule has 4 rings (SSSR count). The SMILES string of the molecule is CCCCO[C@@H]1c2c3c4ccccc4n2[C@@](O)(C(=O)OC)C[C@]1(CC)CCCN(/C=C/C(=O)OC)CC3. The van der Waals surface area contributed by atoms with Gasteiger partial charge in [0.05, 0.1) is 25.4 Å². The number of esters is 2. The van der Waals surface area contributed by atoms with E-state index in [4.69, 9.17) is 14.2 Å². The smallest absolute Gasteiger partial charge is 0.359 e. The van der Waals surface area contributed by atoms with E-state index in [-0.39, 0.29) is 18.5 Å². The molecule has 37 heavy (non-hydrogen) atoms. The Labute approximate surface area is 219 Å². The molecule has 0 spiro atoms. The first-order chi connectivity index (χ1) is 17.8. The van der Waals surface area contributed by atoms with E-state index in [1.807, 2.05) is 30.5 Å². The van der Waals surface area contributed by atoms with Gasteiger partial charge in [-0.05, 0) is 43.7 Å². The van der Waals surface area contributed by atoms with Crippen molar-refractivity contribution in [3.05, 3.63) is 47.8 Å². The van der Waals surface area contributed by atoms with E-state index in [1.165, 1.54) is 20.3 Å². The predicted molar refractivity (Wildman–Crippen MR) is 141 cm³/mol. The average Bonchev–Trinajstić information content (AvgIpc) is 3.25. The molecule has 1 aromatic heterocycles. The van der Waals surface area contributed by atoms with Crippen LogP contribution in [0.15, 0.2) is 36.5 Å². The van der Waals surface area contributed by atoms with Crippen LogP contribution in [0.25, 0.3) is 10.9 Å². The van der Waals surface area contributed by atoms with Crippen molar-refractivity contribution in [2.45, 2.75) is 70.6 Å². The van der Waals surface area contributed by atoms with Gasteiger partial charge in [-0.1, -0.05) is 38.5 Å². The minimum atomic E-state index is -1.83. The van der Waals surface area contributed by atoms with Crippen LogP contribution in [0.5, 0.6) is 0 Å². The highest BCUT2D eigenvalue weighted by Crippen LogP contribution is 2.57. The van der Waals surface area contributed by atoms with Crippen LogP contribution in [0.4, 0.5) is 0 Å². The summed E-state index contributed by atoms with van der Waals surface area (Å²) in [5.74, 6) is -1.03. The minimum absolute atomic E-state index is 0.211. The Bertz CT molecular complexity index is 1160. The third-order valence-electron chi connectivity index (χ3n) is 8.18. The molecule has 2 aromatic rings. The minimum Gasteiger partial charge on any atom is -0.466 e. The van der Waals surface area contributed by atoms with E-state index < -0.39 is 17.1 Å². The summed E-state index contributed by atoms with van der Waals surface area (Å²) in [6, 6.07) is 7.91. The van der Waals surface area contributed by atoms with E-state index in [9.17, 15) is 14.7 Å². The first-order valence-electron chi connectivity index (χ1n) is 13.4. The van der Waals surface area contributed by atoms with Crippen LogP contribution in [0.2, 0.25) is 0 Å². The number of nitrogens with zero attached hydrogens (tertiary/aromatic N) is 2. The molecular formula is C29H40N2O6. The Morgan fingerprint density at radius 1 is 1.16 bits per heavy atom. The number of carbonyl (C=O) groups excluding carboxylic acids is 2. The number of hydrogen-bond donors (Lipinski definition) is 1. The summed E-state index contributed by atoms with van der Waals surface area (Å²) >= 11 is 0. The average molecular weight is 513 g/mol. The maximum absolute atomic E-state index is 13.3. The summed E-state index contributed by atoms with van der Waals surface area (Å²) in [5, 5.41) is 13.2. The zero-order chi connectivity index (χ0) is 26.6. The molecular weight excluding hydrogens is 472 g/mol. The van der Waals surface area contributed by atoms with Gasteiger partial charge >= 0.3 is 11.9 Å². The predicted octanol–water partition coefficient (Wildman–Crippen LogP) is 4.44. The number of methoxy groups -OCH3 is 2. The number of carbonyl (C=O) groups is 2. The molecule has 3 heterocycles. The van der Waals surface area contributed by atoms with E-state index in [2.05, 4.69) is 18.7 Å². The second kappa shape index (κ2) is 11.3. The highest BCUT2D eigenvalue weighted by molar-refractivity contribution is 5.89. The van der Waals surface area contributed by atoms with Gasteiger partial charge in [-0.2, -0.15) is 0 Å². The lowest BCUT2D eigenvalue weighted by Crippen LogP contribution is -2.54. The summed E-state index contributed by atoms with van der Waals surface area (Å²) in [7, 11) is 2.71. The Morgan fingerprint density at radius 2 is 1.95 bits per heavy atom. The Kier molecular flexibility index (Phi) is 8.29. The number of fused-ring (bicyclic) bond motifs is 4. The number of para-hydroxylation sites is 1.